The number of anilines is 1. The average Bonchev–Trinajstić information content (AvgIpc) is 2.92. The summed E-state index contributed by atoms with van der Waals surface area (Å²) in [6.07, 6.45) is -0.168. The molecule has 2 heterocycles. The van der Waals surface area contributed by atoms with Crippen molar-refractivity contribution in [3.05, 3.63) is 65.2 Å². The molecule has 0 saturated carbocycles. The Balaban J connectivity index is 1.47. The van der Waals surface area contributed by atoms with Gasteiger partial charge in [0.2, 0.25) is 0 Å². The molecule has 0 radical (unpaired) electrons. The lowest BCUT2D eigenvalue weighted by atomic mass is 10.1. The van der Waals surface area contributed by atoms with Gasteiger partial charge in [-0.1, -0.05) is 30.3 Å². The highest BCUT2D eigenvalue weighted by Gasteiger charge is 2.33. The summed E-state index contributed by atoms with van der Waals surface area (Å²) in [7, 11) is 1.44. The highest BCUT2D eigenvalue weighted by atomic mass is 16.5. The van der Waals surface area contributed by atoms with Crippen LogP contribution < -0.4 is 5.32 Å². The van der Waals surface area contributed by atoms with Crippen LogP contribution in [0.1, 0.15) is 32.4 Å². The van der Waals surface area contributed by atoms with E-state index in [1.54, 1.807) is 23.1 Å². The molecule has 2 aromatic rings. The van der Waals surface area contributed by atoms with Crippen molar-refractivity contribution in [1.29, 1.82) is 0 Å². The summed E-state index contributed by atoms with van der Waals surface area (Å²) in [5.41, 5.74) is 2.18. The molecule has 138 valence electrons. The first kappa shape index (κ1) is 17.2. The Labute approximate surface area is 156 Å². The van der Waals surface area contributed by atoms with Crippen molar-refractivity contribution < 1.29 is 19.1 Å². The van der Waals surface area contributed by atoms with E-state index in [0.29, 0.717) is 36.5 Å². The summed E-state index contributed by atoms with van der Waals surface area (Å²) in [6, 6.07) is 14.3. The summed E-state index contributed by atoms with van der Waals surface area (Å²) in [6.45, 7) is 1.39. The average molecular weight is 365 g/mol. The smallest absolute Gasteiger partial charge is 0.322 e. The number of carbonyl (C=O) groups excluding carboxylic acids is 3. The number of nitrogens with zero attached hydrogens (tertiary/aromatic N) is 2. The number of morpholine rings is 1. The second-order valence-electron chi connectivity index (χ2n) is 6.58. The van der Waals surface area contributed by atoms with E-state index < -0.39 is 0 Å². The minimum atomic E-state index is -0.360. The molecule has 27 heavy (non-hydrogen) atoms. The molecule has 0 aliphatic carbocycles. The van der Waals surface area contributed by atoms with Gasteiger partial charge in [0.1, 0.15) is 6.10 Å². The van der Waals surface area contributed by atoms with E-state index in [2.05, 4.69) is 5.32 Å². The summed E-state index contributed by atoms with van der Waals surface area (Å²) in [5, 5.41) is 2.81. The Morgan fingerprint density at radius 1 is 1.07 bits per heavy atom. The molecule has 1 fully saturated rings. The predicted octanol–water partition coefficient (Wildman–Crippen LogP) is 2.52. The van der Waals surface area contributed by atoms with Crippen LogP contribution in [0.15, 0.2) is 48.5 Å². The number of hydrogen-bond donors (Lipinski definition) is 1. The van der Waals surface area contributed by atoms with Crippen molar-refractivity contribution in [2.24, 2.45) is 0 Å². The van der Waals surface area contributed by atoms with Crippen LogP contribution in [0.25, 0.3) is 0 Å². The topological polar surface area (TPSA) is 79.0 Å². The van der Waals surface area contributed by atoms with Gasteiger partial charge in [0.25, 0.3) is 11.8 Å². The van der Waals surface area contributed by atoms with Crippen LogP contribution in [0.3, 0.4) is 0 Å². The molecule has 1 unspecified atom stereocenters. The molecular formula is C20H19N3O4. The fraction of sp³-hybridized carbons (Fsp3) is 0.250. The number of urea groups is 1. The van der Waals surface area contributed by atoms with Gasteiger partial charge >= 0.3 is 6.03 Å². The zero-order valence-corrected chi connectivity index (χ0v) is 14.8. The van der Waals surface area contributed by atoms with Crippen molar-refractivity contribution in [2.45, 2.75) is 6.10 Å². The SMILES string of the molecule is CN1C(=O)c2ccc(NC(=O)N3CCOC(c4ccccc4)C3)cc2C1=O. The molecule has 1 atom stereocenters. The van der Waals surface area contributed by atoms with Crippen LogP contribution in [-0.4, -0.2) is 54.4 Å². The van der Waals surface area contributed by atoms with Gasteiger partial charge < -0.3 is 15.0 Å². The molecular weight excluding hydrogens is 346 g/mol. The molecule has 1 saturated heterocycles. The molecule has 2 aromatic carbocycles. The van der Waals surface area contributed by atoms with E-state index in [1.807, 2.05) is 30.3 Å². The number of nitrogens with one attached hydrogen (secondary N) is 1. The van der Waals surface area contributed by atoms with Crippen LogP contribution >= 0.6 is 0 Å². The number of benzene rings is 2. The first-order valence-corrected chi connectivity index (χ1v) is 8.73. The van der Waals surface area contributed by atoms with Crippen molar-refractivity contribution in [3.63, 3.8) is 0 Å². The third-order valence-electron chi connectivity index (χ3n) is 4.87. The van der Waals surface area contributed by atoms with Crippen LogP contribution in [0.2, 0.25) is 0 Å². The molecule has 2 aliphatic heterocycles. The Morgan fingerprint density at radius 2 is 1.81 bits per heavy atom. The van der Waals surface area contributed by atoms with Crippen molar-refractivity contribution in [2.75, 3.05) is 32.1 Å². The van der Waals surface area contributed by atoms with Gasteiger partial charge in [-0.2, -0.15) is 0 Å². The molecule has 4 rings (SSSR count). The number of amides is 4. The van der Waals surface area contributed by atoms with Crippen LogP contribution in [0, 0.1) is 0 Å². The quantitative estimate of drug-likeness (QED) is 0.830. The second kappa shape index (κ2) is 6.85. The molecule has 0 spiro atoms. The Bertz CT molecular complexity index is 913. The number of rotatable bonds is 2. The summed E-state index contributed by atoms with van der Waals surface area (Å²) < 4.78 is 5.78. The number of ether oxygens (including phenoxy) is 1. The van der Waals surface area contributed by atoms with Gasteiger partial charge in [0, 0.05) is 19.3 Å². The first-order valence-electron chi connectivity index (χ1n) is 8.73. The number of carbonyl (C=O) groups is 3. The molecule has 7 nitrogen and oxygen atoms in total. The van der Waals surface area contributed by atoms with Crippen LogP contribution in [0.5, 0.6) is 0 Å². The fourth-order valence-electron chi connectivity index (χ4n) is 3.34. The lowest BCUT2D eigenvalue weighted by Crippen LogP contribution is -2.44. The highest BCUT2D eigenvalue weighted by Crippen LogP contribution is 2.26. The maximum absolute atomic E-state index is 12.7. The van der Waals surface area contributed by atoms with Gasteiger partial charge in [-0.05, 0) is 23.8 Å². The van der Waals surface area contributed by atoms with E-state index in [0.717, 1.165) is 10.5 Å². The van der Waals surface area contributed by atoms with Crippen molar-refractivity contribution in [1.82, 2.24) is 9.80 Å². The number of imide groups is 1. The van der Waals surface area contributed by atoms with Crippen LogP contribution in [-0.2, 0) is 4.74 Å². The second-order valence-corrected chi connectivity index (χ2v) is 6.58. The predicted molar refractivity (Wildman–Crippen MR) is 98.6 cm³/mol. The van der Waals surface area contributed by atoms with E-state index >= 15 is 0 Å². The number of fused-ring (bicyclic) bond motifs is 1. The molecule has 0 aromatic heterocycles. The maximum Gasteiger partial charge on any atom is 0.322 e. The van der Waals surface area contributed by atoms with E-state index in [1.165, 1.54) is 7.05 Å². The van der Waals surface area contributed by atoms with Gasteiger partial charge in [0.15, 0.2) is 0 Å². The monoisotopic (exact) mass is 365 g/mol. The highest BCUT2D eigenvalue weighted by molar-refractivity contribution is 6.21. The third-order valence-corrected chi connectivity index (χ3v) is 4.87. The zero-order valence-electron chi connectivity index (χ0n) is 14.8. The normalized spacial score (nSPS) is 19.2. The Morgan fingerprint density at radius 3 is 2.59 bits per heavy atom. The van der Waals surface area contributed by atoms with Gasteiger partial charge in [-0.3, -0.25) is 14.5 Å². The lowest BCUT2D eigenvalue weighted by Gasteiger charge is -2.33. The van der Waals surface area contributed by atoms with Gasteiger partial charge in [0.05, 0.1) is 24.3 Å². The van der Waals surface area contributed by atoms with E-state index in [9.17, 15) is 14.4 Å². The lowest BCUT2D eigenvalue weighted by molar-refractivity contribution is -0.0135. The van der Waals surface area contributed by atoms with Crippen molar-refractivity contribution in [3.8, 4) is 0 Å². The molecule has 7 heteroatoms. The van der Waals surface area contributed by atoms with Crippen molar-refractivity contribution >= 4 is 23.5 Å². The minimum Gasteiger partial charge on any atom is -0.370 e. The summed E-state index contributed by atoms with van der Waals surface area (Å²) in [4.78, 5) is 39.5. The molecule has 0 bridgehead atoms. The fourth-order valence-corrected chi connectivity index (χ4v) is 3.34. The number of hydrogen-bond acceptors (Lipinski definition) is 4. The summed E-state index contributed by atoms with van der Waals surface area (Å²) >= 11 is 0. The molecule has 2 aliphatic rings. The van der Waals surface area contributed by atoms with E-state index in [4.69, 9.17) is 4.74 Å². The Kier molecular flexibility index (Phi) is 4.37. The third kappa shape index (κ3) is 3.17. The summed E-state index contributed by atoms with van der Waals surface area (Å²) in [5.74, 6) is -0.687. The first-order chi connectivity index (χ1) is 13.0. The van der Waals surface area contributed by atoms with Gasteiger partial charge in [-0.15, -0.1) is 0 Å². The molecule has 4 amide bonds. The minimum absolute atomic E-state index is 0.168. The molecule has 1 N–H and O–H groups in total. The van der Waals surface area contributed by atoms with Crippen LogP contribution in [0.4, 0.5) is 10.5 Å². The van der Waals surface area contributed by atoms with Gasteiger partial charge in [-0.25, -0.2) is 4.79 Å². The van der Waals surface area contributed by atoms with E-state index in [-0.39, 0.29) is 23.9 Å². The standard InChI is InChI=1S/C20H19N3O4/c1-22-18(24)15-8-7-14(11-16(15)19(22)25)21-20(26)23-9-10-27-17(12-23)13-5-3-2-4-6-13/h2-8,11,17H,9-10,12H2,1H3,(H,21,26). The largest absolute Gasteiger partial charge is 0.370 e. The zero-order chi connectivity index (χ0) is 19.0. The Hall–Kier alpha value is -3.19. The maximum atomic E-state index is 12.7.